The fourth-order valence-corrected chi connectivity index (χ4v) is 1.84. The number of fused-ring (bicyclic) bond motifs is 1. The summed E-state index contributed by atoms with van der Waals surface area (Å²) in [5, 5.41) is 3.23. The van der Waals surface area contributed by atoms with E-state index in [4.69, 9.17) is 12.2 Å². The van der Waals surface area contributed by atoms with Crippen LogP contribution in [0.25, 0.3) is 0 Å². The molecule has 0 radical (unpaired) electrons. The first-order chi connectivity index (χ1) is 5.88. The van der Waals surface area contributed by atoms with E-state index >= 15 is 0 Å². The van der Waals surface area contributed by atoms with Crippen LogP contribution in [0, 0.1) is 0 Å². The highest BCUT2D eigenvalue weighted by molar-refractivity contribution is 7.80. The quantitative estimate of drug-likeness (QED) is 0.607. The van der Waals surface area contributed by atoms with Gasteiger partial charge in [-0.3, -0.25) is 0 Å². The minimum atomic E-state index is 0.906. The molecule has 0 atom stereocenters. The molecular weight excluding hydrogens is 166 g/mol. The van der Waals surface area contributed by atoms with E-state index in [0.717, 1.165) is 18.0 Å². The molecule has 0 fully saturated rings. The molecule has 1 aliphatic heterocycles. The number of aryl methyl sites for hydroxylation is 1. The Morgan fingerprint density at radius 2 is 2.08 bits per heavy atom. The maximum atomic E-state index is 5.24. The number of thiocarbonyl (C=S) groups is 1. The van der Waals surface area contributed by atoms with E-state index in [1.165, 1.54) is 17.5 Å². The SMILES string of the molecule is S=C1NCCCc2ccccc21. The third-order valence-electron chi connectivity index (χ3n) is 2.17. The van der Waals surface area contributed by atoms with Crippen molar-refractivity contribution in [1.29, 1.82) is 0 Å². The zero-order valence-electron chi connectivity index (χ0n) is 6.84. The Balaban J connectivity index is 2.46. The van der Waals surface area contributed by atoms with Crippen molar-refractivity contribution < 1.29 is 0 Å². The topological polar surface area (TPSA) is 12.0 Å². The lowest BCUT2D eigenvalue weighted by atomic mass is 10.0. The van der Waals surface area contributed by atoms with Gasteiger partial charge in [0.25, 0.3) is 0 Å². The van der Waals surface area contributed by atoms with Crippen molar-refractivity contribution >= 4 is 17.2 Å². The molecule has 0 spiro atoms. The average molecular weight is 177 g/mol. The van der Waals surface area contributed by atoms with Crippen LogP contribution in [-0.2, 0) is 6.42 Å². The van der Waals surface area contributed by atoms with E-state index in [1.54, 1.807) is 0 Å². The van der Waals surface area contributed by atoms with Gasteiger partial charge in [-0.05, 0) is 18.4 Å². The Bertz CT molecular complexity index is 306. The number of benzene rings is 1. The molecule has 0 unspecified atom stereocenters. The Kier molecular flexibility index (Phi) is 2.09. The molecule has 2 heteroatoms. The number of hydrogen-bond acceptors (Lipinski definition) is 1. The first-order valence-corrected chi connectivity index (χ1v) is 4.65. The lowest BCUT2D eigenvalue weighted by Gasteiger charge is -2.04. The predicted molar refractivity (Wildman–Crippen MR) is 54.5 cm³/mol. The van der Waals surface area contributed by atoms with Crippen molar-refractivity contribution in [1.82, 2.24) is 5.32 Å². The summed E-state index contributed by atoms with van der Waals surface area (Å²) in [6, 6.07) is 8.37. The van der Waals surface area contributed by atoms with Gasteiger partial charge in [0.2, 0.25) is 0 Å². The van der Waals surface area contributed by atoms with Gasteiger partial charge in [-0.25, -0.2) is 0 Å². The summed E-state index contributed by atoms with van der Waals surface area (Å²) >= 11 is 5.24. The Labute approximate surface area is 77.8 Å². The molecule has 0 bridgehead atoms. The molecular formula is C10H11NS. The van der Waals surface area contributed by atoms with Crippen molar-refractivity contribution in [3.05, 3.63) is 35.4 Å². The maximum Gasteiger partial charge on any atom is 0.106 e. The first kappa shape index (κ1) is 7.74. The molecule has 0 aromatic heterocycles. The molecule has 12 heavy (non-hydrogen) atoms. The molecule has 1 N–H and O–H groups in total. The molecule has 0 amide bonds. The highest BCUT2D eigenvalue weighted by atomic mass is 32.1. The lowest BCUT2D eigenvalue weighted by Crippen LogP contribution is -2.21. The van der Waals surface area contributed by atoms with Gasteiger partial charge in [0, 0.05) is 12.1 Å². The summed E-state index contributed by atoms with van der Waals surface area (Å²) in [7, 11) is 0. The molecule has 0 saturated heterocycles. The Hall–Kier alpha value is -0.890. The molecule has 1 nitrogen and oxygen atoms in total. The second-order valence-corrected chi connectivity index (χ2v) is 3.42. The summed E-state index contributed by atoms with van der Waals surface area (Å²) in [4.78, 5) is 0.906. The van der Waals surface area contributed by atoms with Crippen LogP contribution >= 0.6 is 12.2 Å². The molecule has 0 aliphatic carbocycles. The van der Waals surface area contributed by atoms with Gasteiger partial charge in [-0.2, -0.15) is 0 Å². The minimum absolute atomic E-state index is 0.906. The summed E-state index contributed by atoms with van der Waals surface area (Å²) in [6.07, 6.45) is 2.32. The van der Waals surface area contributed by atoms with Crippen molar-refractivity contribution in [3.8, 4) is 0 Å². The molecule has 62 valence electrons. The zero-order chi connectivity index (χ0) is 8.39. The Morgan fingerprint density at radius 1 is 1.25 bits per heavy atom. The summed E-state index contributed by atoms with van der Waals surface area (Å²) in [6.45, 7) is 1.01. The van der Waals surface area contributed by atoms with Gasteiger partial charge in [0.15, 0.2) is 0 Å². The van der Waals surface area contributed by atoms with Crippen molar-refractivity contribution in [2.45, 2.75) is 12.8 Å². The number of hydrogen-bond donors (Lipinski definition) is 1. The van der Waals surface area contributed by atoms with Gasteiger partial charge in [-0.15, -0.1) is 0 Å². The summed E-state index contributed by atoms with van der Waals surface area (Å²) < 4.78 is 0. The zero-order valence-corrected chi connectivity index (χ0v) is 7.66. The van der Waals surface area contributed by atoms with Crippen LogP contribution in [0.5, 0.6) is 0 Å². The second kappa shape index (κ2) is 3.23. The minimum Gasteiger partial charge on any atom is -0.376 e. The van der Waals surface area contributed by atoms with Crippen LogP contribution in [0.3, 0.4) is 0 Å². The maximum absolute atomic E-state index is 5.24. The van der Waals surface area contributed by atoms with Crippen molar-refractivity contribution in [2.24, 2.45) is 0 Å². The van der Waals surface area contributed by atoms with E-state index in [1.807, 2.05) is 6.07 Å². The van der Waals surface area contributed by atoms with Gasteiger partial charge >= 0.3 is 0 Å². The second-order valence-electron chi connectivity index (χ2n) is 3.02. The predicted octanol–water partition coefficient (Wildman–Crippen LogP) is 1.90. The van der Waals surface area contributed by atoms with E-state index in [2.05, 4.69) is 23.5 Å². The van der Waals surface area contributed by atoms with Crippen molar-refractivity contribution in [2.75, 3.05) is 6.54 Å². The fraction of sp³-hybridized carbons (Fsp3) is 0.300. The molecule has 1 aromatic rings. The third kappa shape index (κ3) is 1.34. The lowest BCUT2D eigenvalue weighted by molar-refractivity contribution is 0.795. The smallest absolute Gasteiger partial charge is 0.106 e. The van der Waals surface area contributed by atoms with Gasteiger partial charge < -0.3 is 5.32 Å². The van der Waals surface area contributed by atoms with Gasteiger partial charge in [0.1, 0.15) is 4.99 Å². The summed E-state index contributed by atoms with van der Waals surface area (Å²) in [5.74, 6) is 0. The van der Waals surface area contributed by atoms with E-state index in [9.17, 15) is 0 Å². The Morgan fingerprint density at radius 3 is 3.00 bits per heavy atom. The normalized spacial score (nSPS) is 16.2. The first-order valence-electron chi connectivity index (χ1n) is 4.24. The summed E-state index contributed by atoms with van der Waals surface area (Å²) in [5.41, 5.74) is 2.59. The van der Waals surface area contributed by atoms with Crippen LogP contribution in [-0.4, -0.2) is 11.5 Å². The third-order valence-corrected chi connectivity index (χ3v) is 2.53. The standard InChI is InChI=1S/C10H11NS/c12-10-9-6-2-1-4-8(9)5-3-7-11-10/h1-2,4,6H,3,5,7H2,(H,11,12). The van der Waals surface area contributed by atoms with Gasteiger partial charge in [-0.1, -0.05) is 36.5 Å². The average Bonchev–Trinajstić information content (AvgIpc) is 2.29. The monoisotopic (exact) mass is 177 g/mol. The largest absolute Gasteiger partial charge is 0.376 e. The number of nitrogens with one attached hydrogen (secondary N) is 1. The van der Waals surface area contributed by atoms with Crippen LogP contribution in [0.1, 0.15) is 17.5 Å². The molecule has 1 heterocycles. The molecule has 1 aromatic carbocycles. The van der Waals surface area contributed by atoms with Gasteiger partial charge in [0.05, 0.1) is 0 Å². The molecule has 0 saturated carbocycles. The van der Waals surface area contributed by atoms with Crippen LogP contribution in [0.15, 0.2) is 24.3 Å². The van der Waals surface area contributed by atoms with Crippen LogP contribution < -0.4 is 5.32 Å². The van der Waals surface area contributed by atoms with Crippen LogP contribution in [0.4, 0.5) is 0 Å². The fourth-order valence-electron chi connectivity index (χ4n) is 1.54. The van der Waals surface area contributed by atoms with E-state index in [-0.39, 0.29) is 0 Å². The molecule has 1 aliphatic rings. The highest BCUT2D eigenvalue weighted by Crippen LogP contribution is 2.13. The van der Waals surface area contributed by atoms with E-state index < -0.39 is 0 Å². The number of rotatable bonds is 0. The van der Waals surface area contributed by atoms with Crippen molar-refractivity contribution in [3.63, 3.8) is 0 Å². The highest BCUT2D eigenvalue weighted by Gasteiger charge is 2.09. The molecule has 2 rings (SSSR count). The van der Waals surface area contributed by atoms with Crippen LogP contribution in [0.2, 0.25) is 0 Å². The van der Waals surface area contributed by atoms with E-state index in [0.29, 0.717) is 0 Å².